The van der Waals surface area contributed by atoms with Crippen LogP contribution >= 0.6 is 15.9 Å². The van der Waals surface area contributed by atoms with Crippen LogP contribution in [0.5, 0.6) is 0 Å². The van der Waals surface area contributed by atoms with Crippen LogP contribution in [0.1, 0.15) is 17.3 Å². The number of rotatable bonds is 5. The molecule has 1 aliphatic rings. The second-order valence-electron chi connectivity index (χ2n) is 8.25. The topological polar surface area (TPSA) is 69.7 Å². The Hall–Kier alpha value is -3.45. The van der Waals surface area contributed by atoms with E-state index in [-0.39, 0.29) is 17.7 Å². The standard InChI is InChI=1S/C27H26BrN3O3/c1-19(25(32)29-22-13-11-21(12-14-22)20-7-3-2-4-8-20)26(33)30-15-17-31(18-16-30)27(34)23-9-5-6-10-24(23)28/h2-14,19H,15-18H2,1H3,(H,29,32). The number of benzene rings is 3. The molecule has 1 heterocycles. The molecule has 34 heavy (non-hydrogen) atoms. The number of carbonyl (C=O) groups is 3. The van der Waals surface area contributed by atoms with Crippen molar-refractivity contribution in [2.75, 3.05) is 31.5 Å². The Morgan fingerprint density at radius 3 is 1.97 bits per heavy atom. The van der Waals surface area contributed by atoms with Crippen LogP contribution in [0.2, 0.25) is 0 Å². The van der Waals surface area contributed by atoms with Crippen molar-refractivity contribution >= 4 is 39.3 Å². The minimum Gasteiger partial charge on any atom is -0.338 e. The van der Waals surface area contributed by atoms with Gasteiger partial charge >= 0.3 is 0 Å². The molecule has 6 nitrogen and oxygen atoms in total. The van der Waals surface area contributed by atoms with Gasteiger partial charge in [-0.15, -0.1) is 0 Å². The number of piperazine rings is 1. The van der Waals surface area contributed by atoms with E-state index < -0.39 is 5.92 Å². The summed E-state index contributed by atoms with van der Waals surface area (Å²) in [5.41, 5.74) is 3.40. The fourth-order valence-corrected chi connectivity index (χ4v) is 4.40. The van der Waals surface area contributed by atoms with Crippen molar-refractivity contribution in [3.8, 4) is 11.1 Å². The molecular formula is C27H26BrN3O3. The summed E-state index contributed by atoms with van der Waals surface area (Å²) < 4.78 is 0.751. The number of hydrogen-bond acceptors (Lipinski definition) is 3. The molecule has 0 aliphatic carbocycles. The van der Waals surface area contributed by atoms with Gasteiger partial charge in [0.15, 0.2) is 0 Å². The molecule has 3 amide bonds. The highest BCUT2D eigenvalue weighted by Gasteiger charge is 2.31. The average Bonchev–Trinajstić information content (AvgIpc) is 2.88. The van der Waals surface area contributed by atoms with E-state index >= 15 is 0 Å². The van der Waals surface area contributed by atoms with Gasteiger partial charge in [-0.1, -0.05) is 54.6 Å². The van der Waals surface area contributed by atoms with Gasteiger partial charge in [-0.3, -0.25) is 14.4 Å². The van der Waals surface area contributed by atoms with Crippen LogP contribution in [0.4, 0.5) is 5.69 Å². The van der Waals surface area contributed by atoms with E-state index in [1.807, 2.05) is 72.8 Å². The van der Waals surface area contributed by atoms with Gasteiger partial charge in [-0.25, -0.2) is 0 Å². The molecule has 0 aromatic heterocycles. The number of hydrogen-bond donors (Lipinski definition) is 1. The van der Waals surface area contributed by atoms with Crippen molar-refractivity contribution in [1.29, 1.82) is 0 Å². The van der Waals surface area contributed by atoms with Gasteiger partial charge in [0.05, 0.1) is 5.56 Å². The summed E-state index contributed by atoms with van der Waals surface area (Å²) in [6, 6.07) is 24.9. The van der Waals surface area contributed by atoms with Crippen LogP contribution < -0.4 is 5.32 Å². The molecule has 4 rings (SSSR count). The maximum Gasteiger partial charge on any atom is 0.255 e. The lowest BCUT2D eigenvalue weighted by atomic mass is 10.1. The fourth-order valence-electron chi connectivity index (χ4n) is 3.95. The van der Waals surface area contributed by atoms with Crippen LogP contribution in [0.25, 0.3) is 11.1 Å². The van der Waals surface area contributed by atoms with Crippen molar-refractivity contribution in [3.05, 3.63) is 88.9 Å². The lowest BCUT2D eigenvalue weighted by Gasteiger charge is -2.36. The van der Waals surface area contributed by atoms with E-state index in [0.29, 0.717) is 37.4 Å². The SMILES string of the molecule is CC(C(=O)Nc1ccc(-c2ccccc2)cc1)C(=O)N1CCN(C(=O)c2ccccc2Br)CC1. The second-order valence-corrected chi connectivity index (χ2v) is 9.11. The van der Waals surface area contributed by atoms with E-state index in [1.165, 1.54) is 0 Å². The summed E-state index contributed by atoms with van der Waals surface area (Å²) in [5.74, 6) is -1.46. The molecule has 0 radical (unpaired) electrons. The van der Waals surface area contributed by atoms with E-state index in [0.717, 1.165) is 15.6 Å². The Kier molecular flexibility index (Phi) is 7.43. The molecule has 1 atom stereocenters. The maximum absolute atomic E-state index is 12.9. The third kappa shape index (κ3) is 5.37. The molecule has 0 saturated carbocycles. The van der Waals surface area contributed by atoms with Crippen molar-refractivity contribution in [3.63, 3.8) is 0 Å². The molecule has 1 unspecified atom stereocenters. The number of amides is 3. The van der Waals surface area contributed by atoms with Gasteiger partial charge < -0.3 is 15.1 Å². The zero-order valence-electron chi connectivity index (χ0n) is 18.9. The van der Waals surface area contributed by atoms with Crippen LogP contribution in [0.15, 0.2) is 83.3 Å². The number of nitrogens with zero attached hydrogens (tertiary/aromatic N) is 2. The fraction of sp³-hybridized carbons (Fsp3) is 0.222. The predicted molar refractivity (Wildman–Crippen MR) is 136 cm³/mol. The number of anilines is 1. The van der Waals surface area contributed by atoms with Crippen molar-refractivity contribution in [2.45, 2.75) is 6.92 Å². The Labute approximate surface area is 207 Å². The summed E-state index contributed by atoms with van der Waals surface area (Å²) in [7, 11) is 0. The summed E-state index contributed by atoms with van der Waals surface area (Å²) in [6.45, 7) is 3.29. The molecule has 3 aromatic rings. The second kappa shape index (κ2) is 10.7. The average molecular weight is 520 g/mol. The van der Waals surface area contributed by atoms with Gasteiger partial charge in [-0.2, -0.15) is 0 Å². The summed E-state index contributed by atoms with van der Waals surface area (Å²) in [4.78, 5) is 41.8. The molecular weight excluding hydrogens is 494 g/mol. The molecule has 0 spiro atoms. The third-order valence-corrected chi connectivity index (χ3v) is 6.70. The molecule has 1 saturated heterocycles. The summed E-state index contributed by atoms with van der Waals surface area (Å²) >= 11 is 3.42. The highest BCUT2D eigenvalue weighted by atomic mass is 79.9. The molecule has 1 aliphatic heterocycles. The van der Waals surface area contributed by atoms with Crippen molar-refractivity contribution < 1.29 is 14.4 Å². The quantitative estimate of drug-likeness (QED) is 0.497. The van der Waals surface area contributed by atoms with E-state index in [9.17, 15) is 14.4 Å². The first-order valence-electron chi connectivity index (χ1n) is 11.2. The third-order valence-electron chi connectivity index (χ3n) is 6.01. The van der Waals surface area contributed by atoms with Crippen molar-refractivity contribution in [1.82, 2.24) is 9.80 Å². The monoisotopic (exact) mass is 519 g/mol. The largest absolute Gasteiger partial charge is 0.338 e. The Bertz CT molecular complexity index is 1170. The van der Waals surface area contributed by atoms with E-state index in [4.69, 9.17) is 0 Å². The first-order valence-corrected chi connectivity index (χ1v) is 12.0. The summed E-state index contributed by atoms with van der Waals surface area (Å²) in [6.07, 6.45) is 0. The van der Waals surface area contributed by atoms with Gasteiger partial charge in [0, 0.05) is 36.3 Å². The molecule has 3 aromatic carbocycles. The normalized spacial score (nSPS) is 14.4. The first-order chi connectivity index (χ1) is 16.4. The van der Waals surface area contributed by atoms with Crippen LogP contribution in [-0.4, -0.2) is 53.7 Å². The molecule has 174 valence electrons. The highest BCUT2D eigenvalue weighted by molar-refractivity contribution is 9.10. The zero-order chi connectivity index (χ0) is 24.1. The van der Waals surface area contributed by atoms with Gasteiger partial charge in [0.1, 0.15) is 5.92 Å². The Balaban J connectivity index is 1.31. The van der Waals surface area contributed by atoms with Gasteiger partial charge in [0.25, 0.3) is 5.91 Å². The Morgan fingerprint density at radius 2 is 1.32 bits per heavy atom. The molecule has 1 fully saturated rings. The number of halogens is 1. The lowest BCUT2D eigenvalue weighted by Crippen LogP contribution is -2.52. The Morgan fingerprint density at radius 1 is 0.765 bits per heavy atom. The molecule has 7 heteroatoms. The first kappa shape index (κ1) is 23.7. The molecule has 0 bridgehead atoms. The minimum atomic E-state index is -0.820. The zero-order valence-corrected chi connectivity index (χ0v) is 20.5. The van der Waals surface area contributed by atoms with Crippen LogP contribution in [-0.2, 0) is 9.59 Å². The number of nitrogens with one attached hydrogen (secondary N) is 1. The van der Waals surface area contributed by atoms with Crippen LogP contribution in [0, 0.1) is 5.92 Å². The smallest absolute Gasteiger partial charge is 0.255 e. The number of carbonyl (C=O) groups excluding carboxylic acids is 3. The van der Waals surface area contributed by atoms with E-state index in [1.54, 1.807) is 22.8 Å². The maximum atomic E-state index is 12.9. The summed E-state index contributed by atoms with van der Waals surface area (Å²) in [5, 5.41) is 2.84. The molecule has 1 N–H and O–H groups in total. The van der Waals surface area contributed by atoms with Crippen LogP contribution in [0.3, 0.4) is 0 Å². The lowest BCUT2D eigenvalue weighted by molar-refractivity contribution is -0.140. The van der Waals surface area contributed by atoms with Gasteiger partial charge in [-0.05, 0) is 58.2 Å². The highest BCUT2D eigenvalue weighted by Crippen LogP contribution is 2.22. The minimum absolute atomic E-state index is 0.0654. The van der Waals surface area contributed by atoms with Gasteiger partial charge in [0.2, 0.25) is 11.8 Å². The van der Waals surface area contributed by atoms with E-state index in [2.05, 4.69) is 21.2 Å². The predicted octanol–water partition coefficient (Wildman–Crippen LogP) is 4.68. The van der Waals surface area contributed by atoms with Crippen molar-refractivity contribution in [2.24, 2.45) is 5.92 Å².